The van der Waals surface area contributed by atoms with E-state index >= 15 is 0 Å². The van der Waals surface area contributed by atoms with Gasteiger partial charge >= 0.3 is 0 Å². The molecule has 0 radical (unpaired) electrons. The number of aliphatic hydroxyl groups excluding tert-OH is 1. The van der Waals surface area contributed by atoms with Crippen LogP contribution in [-0.2, 0) is 14.3 Å². The Bertz CT molecular complexity index is 477. The van der Waals surface area contributed by atoms with Crippen LogP contribution in [0.3, 0.4) is 0 Å². The molecule has 3 atom stereocenters. The summed E-state index contributed by atoms with van der Waals surface area (Å²) in [7, 11) is 0. The molecule has 2 aliphatic rings. The van der Waals surface area contributed by atoms with Gasteiger partial charge in [-0.2, -0.15) is 0 Å². The molecule has 0 spiro atoms. The van der Waals surface area contributed by atoms with Crippen LogP contribution in [0.15, 0.2) is 11.8 Å². The Morgan fingerprint density at radius 2 is 2.00 bits per heavy atom. The maximum absolute atomic E-state index is 12.8. The smallest absolute Gasteiger partial charge is 0.286 e. The van der Waals surface area contributed by atoms with Gasteiger partial charge in [-0.15, -0.1) is 0 Å². The Morgan fingerprint density at radius 1 is 1.31 bits per heavy atom. The van der Waals surface area contributed by atoms with E-state index in [0.717, 1.165) is 19.3 Å². The first-order chi connectivity index (χ1) is 12.4. The van der Waals surface area contributed by atoms with E-state index in [1.807, 2.05) is 13.0 Å². The standard InChI is InChI=1S/C21H37NO4/c1-5-25-20-16(12-9-13-23)17(21(2,3)4)14-18(26-20)19(24)22-15-10-7-6-8-11-15/h14-17,20,23H,5-13H2,1-4H3,(H,22,24)/t16-,17-,20+/m0/s1. The number of amides is 1. The Labute approximate surface area is 158 Å². The molecule has 1 saturated carbocycles. The van der Waals surface area contributed by atoms with Crippen LogP contribution in [0.2, 0.25) is 0 Å². The summed E-state index contributed by atoms with van der Waals surface area (Å²) in [5.41, 5.74) is -0.0182. The molecule has 0 aromatic carbocycles. The van der Waals surface area contributed by atoms with Gasteiger partial charge in [0.15, 0.2) is 5.76 Å². The molecule has 1 heterocycles. The molecular formula is C21H37NO4. The fraction of sp³-hybridized carbons (Fsp3) is 0.857. The number of aliphatic hydroxyl groups is 1. The van der Waals surface area contributed by atoms with Gasteiger partial charge in [-0.05, 0) is 50.0 Å². The van der Waals surface area contributed by atoms with Gasteiger partial charge in [0.05, 0.1) is 0 Å². The average Bonchev–Trinajstić information content (AvgIpc) is 2.60. The van der Waals surface area contributed by atoms with Crippen molar-refractivity contribution in [2.24, 2.45) is 17.3 Å². The molecule has 26 heavy (non-hydrogen) atoms. The summed E-state index contributed by atoms with van der Waals surface area (Å²) in [4.78, 5) is 12.8. The SMILES string of the molecule is CCO[C@@H]1OC(C(=O)NC2CCCCC2)=C[C@H](C(C)(C)C)[C@@H]1CCCO. The van der Waals surface area contributed by atoms with Crippen LogP contribution < -0.4 is 5.32 Å². The van der Waals surface area contributed by atoms with E-state index in [1.165, 1.54) is 19.3 Å². The molecule has 150 valence electrons. The molecule has 1 aliphatic heterocycles. The summed E-state index contributed by atoms with van der Waals surface area (Å²) in [6.45, 7) is 9.19. The topological polar surface area (TPSA) is 67.8 Å². The van der Waals surface area contributed by atoms with E-state index < -0.39 is 6.29 Å². The fourth-order valence-electron chi connectivity index (χ4n) is 4.20. The third-order valence-corrected chi connectivity index (χ3v) is 5.58. The Kier molecular flexibility index (Phi) is 7.96. The van der Waals surface area contributed by atoms with Gasteiger partial charge in [0.25, 0.3) is 5.91 Å². The minimum atomic E-state index is -0.437. The number of hydrogen-bond donors (Lipinski definition) is 2. The second-order valence-electron chi connectivity index (χ2n) is 8.70. The van der Waals surface area contributed by atoms with Gasteiger partial charge in [0, 0.05) is 25.2 Å². The number of hydrogen-bond acceptors (Lipinski definition) is 4. The van der Waals surface area contributed by atoms with Crippen molar-refractivity contribution >= 4 is 5.91 Å². The van der Waals surface area contributed by atoms with Crippen LogP contribution in [0.4, 0.5) is 0 Å². The van der Waals surface area contributed by atoms with E-state index in [1.54, 1.807) is 0 Å². The number of nitrogens with one attached hydrogen (secondary N) is 1. The van der Waals surface area contributed by atoms with Crippen molar-refractivity contribution in [2.75, 3.05) is 13.2 Å². The van der Waals surface area contributed by atoms with Crippen molar-refractivity contribution < 1.29 is 19.4 Å². The van der Waals surface area contributed by atoms with Crippen molar-refractivity contribution in [3.8, 4) is 0 Å². The number of rotatable bonds is 7. The normalized spacial score (nSPS) is 27.6. The molecule has 0 saturated heterocycles. The van der Waals surface area contributed by atoms with Crippen molar-refractivity contribution in [1.29, 1.82) is 0 Å². The van der Waals surface area contributed by atoms with Crippen LogP contribution in [-0.4, -0.2) is 36.6 Å². The minimum Gasteiger partial charge on any atom is -0.459 e. The lowest BCUT2D eigenvalue weighted by atomic mass is 9.70. The van der Waals surface area contributed by atoms with Gasteiger partial charge in [0.2, 0.25) is 6.29 Å². The first-order valence-electron chi connectivity index (χ1n) is 10.3. The second kappa shape index (κ2) is 9.75. The molecule has 5 heteroatoms. The van der Waals surface area contributed by atoms with E-state index in [0.29, 0.717) is 18.8 Å². The molecule has 5 nitrogen and oxygen atoms in total. The molecule has 0 aromatic rings. The summed E-state index contributed by atoms with van der Waals surface area (Å²) < 4.78 is 11.9. The highest BCUT2D eigenvalue weighted by molar-refractivity contribution is 5.91. The largest absolute Gasteiger partial charge is 0.459 e. The van der Waals surface area contributed by atoms with E-state index in [4.69, 9.17) is 9.47 Å². The highest BCUT2D eigenvalue weighted by Crippen LogP contribution is 2.42. The molecule has 0 aromatic heterocycles. The van der Waals surface area contributed by atoms with E-state index in [9.17, 15) is 9.90 Å². The van der Waals surface area contributed by atoms with Gasteiger partial charge in [-0.3, -0.25) is 4.79 Å². The average molecular weight is 368 g/mol. The Morgan fingerprint density at radius 3 is 2.58 bits per heavy atom. The molecule has 0 unspecified atom stereocenters. The van der Waals surface area contributed by atoms with Gasteiger partial charge in [-0.25, -0.2) is 0 Å². The molecule has 0 bridgehead atoms. The van der Waals surface area contributed by atoms with Crippen LogP contribution in [0.1, 0.15) is 72.6 Å². The first-order valence-corrected chi connectivity index (χ1v) is 10.3. The Balaban J connectivity index is 2.18. The predicted octanol–water partition coefficient (Wildman–Crippen LogP) is 3.76. The number of carbonyl (C=O) groups excluding carboxylic acids is 1. The van der Waals surface area contributed by atoms with Crippen LogP contribution in [0, 0.1) is 17.3 Å². The Hall–Kier alpha value is -1.07. The number of carbonyl (C=O) groups is 1. The lowest BCUT2D eigenvalue weighted by Gasteiger charge is -2.42. The van der Waals surface area contributed by atoms with Crippen molar-refractivity contribution in [2.45, 2.75) is 85.0 Å². The maximum Gasteiger partial charge on any atom is 0.286 e. The summed E-state index contributed by atoms with van der Waals surface area (Å²) in [6, 6.07) is 0.256. The molecular weight excluding hydrogens is 330 g/mol. The summed E-state index contributed by atoms with van der Waals surface area (Å²) in [5.74, 6) is 0.574. The summed E-state index contributed by atoms with van der Waals surface area (Å²) >= 11 is 0. The number of allylic oxidation sites excluding steroid dienone is 1. The zero-order valence-corrected chi connectivity index (χ0v) is 16.9. The maximum atomic E-state index is 12.8. The monoisotopic (exact) mass is 367 g/mol. The van der Waals surface area contributed by atoms with Gasteiger partial charge in [0.1, 0.15) is 0 Å². The third-order valence-electron chi connectivity index (χ3n) is 5.58. The molecule has 1 aliphatic carbocycles. The predicted molar refractivity (Wildman–Crippen MR) is 102 cm³/mol. The van der Waals surface area contributed by atoms with Crippen molar-refractivity contribution in [3.05, 3.63) is 11.8 Å². The highest BCUT2D eigenvalue weighted by atomic mass is 16.7. The van der Waals surface area contributed by atoms with Crippen LogP contribution in [0.5, 0.6) is 0 Å². The lowest BCUT2D eigenvalue weighted by molar-refractivity contribution is -0.179. The zero-order chi connectivity index (χ0) is 19.2. The highest BCUT2D eigenvalue weighted by Gasteiger charge is 2.42. The zero-order valence-electron chi connectivity index (χ0n) is 16.9. The van der Waals surface area contributed by atoms with Crippen LogP contribution in [0.25, 0.3) is 0 Å². The first kappa shape index (κ1) is 21.2. The lowest BCUT2D eigenvalue weighted by Crippen LogP contribution is -2.45. The number of ether oxygens (including phenoxy) is 2. The van der Waals surface area contributed by atoms with Crippen molar-refractivity contribution in [3.63, 3.8) is 0 Å². The molecule has 1 fully saturated rings. The second-order valence-corrected chi connectivity index (χ2v) is 8.70. The van der Waals surface area contributed by atoms with Crippen molar-refractivity contribution in [1.82, 2.24) is 5.32 Å². The van der Waals surface area contributed by atoms with E-state index in [2.05, 4.69) is 26.1 Å². The third kappa shape index (κ3) is 5.71. The summed E-state index contributed by atoms with van der Waals surface area (Å²) in [6.07, 6.45) is 8.81. The minimum absolute atomic E-state index is 0.0182. The van der Waals surface area contributed by atoms with Crippen LogP contribution >= 0.6 is 0 Å². The molecule has 2 rings (SSSR count). The van der Waals surface area contributed by atoms with Gasteiger partial charge < -0.3 is 19.9 Å². The molecule has 2 N–H and O–H groups in total. The summed E-state index contributed by atoms with van der Waals surface area (Å²) in [5, 5.41) is 12.4. The quantitative estimate of drug-likeness (QED) is 0.719. The fourth-order valence-corrected chi connectivity index (χ4v) is 4.20. The van der Waals surface area contributed by atoms with E-state index in [-0.39, 0.29) is 35.8 Å². The van der Waals surface area contributed by atoms with Gasteiger partial charge in [-0.1, -0.05) is 40.0 Å². The molecule has 1 amide bonds.